The molecule has 8 nitrogen and oxygen atoms in total. The summed E-state index contributed by atoms with van der Waals surface area (Å²) in [4.78, 5) is 12.6. The van der Waals surface area contributed by atoms with E-state index in [1.165, 1.54) is 11.9 Å². The van der Waals surface area contributed by atoms with Gasteiger partial charge >= 0.3 is 0 Å². The molecule has 0 aliphatic carbocycles. The standard InChI is InChI=1S/C25H27N3O5S.H2/c1-17(29)28-25(19-6-10-21(32-2)11-7-19)16-24(26-28)18-4-8-20(9-5-18)27-34(30,31)23-14-12-22(33-3)13-15-23;/h4-15,25,27,30-31H,16H2,1-3H3;1H. The van der Waals surface area contributed by atoms with E-state index < -0.39 is 10.8 Å². The van der Waals surface area contributed by atoms with Crippen molar-refractivity contribution >= 4 is 28.1 Å². The molecule has 9 heteroatoms. The van der Waals surface area contributed by atoms with Crippen molar-refractivity contribution in [1.29, 1.82) is 0 Å². The Kier molecular flexibility index (Phi) is 6.78. The molecule has 1 atom stereocenters. The maximum Gasteiger partial charge on any atom is 0.240 e. The number of amides is 1. The van der Waals surface area contributed by atoms with E-state index in [1.807, 2.05) is 36.4 Å². The number of carbonyl (C=O) groups excluding carboxylic acids is 1. The summed E-state index contributed by atoms with van der Waals surface area (Å²) in [5.74, 6) is 1.25. The molecule has 1 amide bonds. The fourth-order valence-corrected chi connectivity index (χ4v) is 4.88. The van der Waals surface area contributed by atoms with Gasteiger partial charge < -0.3 is 9.47 Å². The van der Waals surface area contributed by atoms with Crippen molar-refractivity contribution in [1.82, 2.24) is 5.01 Å². The molecule has 1 aliphatic heterocycles. The molecule has 0 fully saturated rings. The van der Waals surface area contributed by atoms with Gasteiger partial charge in [-0.3, -0.25) is 18.6 Å². The quantitative estimate of drug-likeness (QED) is 0.393. The zero-order valence-electron chi connectivity index (χ0n) is 19.1. The summed E-state index contributed by atoms with van der Waals surface area (Å²) in [5.41, 5.74) is 3.16. The maximum absolute atomic E-state index is 12.2. The van der Waals surface area contributed by atoms with Crippen LogP contribution in [0.3, 0.4) is 0 Å². The number of rotatable bonds is 7. The van der Waals surface area contributed by atoms with Gasteiger partial charge in [0.1, 0.15) is 11.5 Å². The molecule has 0 saturated heterocycles. The van der Waals surface area contributed by atoms with Crippen LogP contribution in [0.4, 0.5) is 5.69 Å². The van der Waals surface area contributed by atoms with Crippen LogP contribution in [0.5, 0.6) is 11.5 Å². The van der Waals surface area contributed by atoms with E-state index in [9.17, 15) is 13.9 Å². The van der Waals surface area contributed by atoms with E-state index in [-0.39, 0.29) is 13.4 Å². The highest BCUT2D eigenvalue weighted by Crippen LogP contribution is 2.48. The van der Waals surface area contributed by atoms with Crippen LogP contribution in [0.25, 0.3) is 0 Å². The Hall–Kier alpha value is -3.53. The van der Waals surface area contributed by atoms with Gasteiger partial charge in [0.05, 0.1) is 36.6 Å². The third-order valence-electron chi connectivity index (χ3n) is 5.60. The fourth-order valence-electron chi connectivity index (χ4n) is 3.78. The van der Waals surface area contributed by atoms with E-state index in [2.05, 4.69) is 9.82 Å². The third-order valence-corrected chi connectivity index (χ3v) is 7.05. The summed E-state index contributed by atoms with van der Waals surface area (Å²) in [6.45, 7) is 1.50. The molecule has 1 heterocycles. The molecule has 3 aromatic carbocycles. The Bertz CT molecular complexity index is 1190. The van der Waals surface area contributed by atoms with E-state index in [0.29, 0.717) is 22.8 Å². The zero-order valence-corrected chi connectivity index (χ0v) is 20.0. The third kappa shape index (κ3) is 5.01. The molecule has 0 spiro atoms. The molecule has 0 bridgehead atoms. The highest BCUT2D eigenvalue weighted by molar-refractivity contribution is 8.25. The Labute approximate surface area is 201 Å². The molecule has 1 unspecified atom stereocenters. The lowest BCUT2D eigenvalue weighted by atomic mass is 9.98. The summed E-state index contributed by atoms with van der Waals surface area (Å²) in [6, 6.07) is 21.2. The summed E-state index contributed by atoms with van der Waals surface area (Å²) in [7, 11) is -0.0744. The number of carbonyl (C=O) groups is 1. The van der Waals surface area contributed by atoms with Gasteiger partial charge in [-0.2, -0.15) is 5.10 Å². The summed E-state index contributed by atoms with van der Waals surface area (Å²) in [6.07, 6.45) is 0.569. The predicted octanol–water partition coefficient (Wildman–Crippen LogP) is 5.78. The van der Waals surface area contributed by atoms with Crippen molar-refractivity contribution in [2.24, 2.45) is 5.10 Å². The van der Waals surface area contributed by atoms with Crippen molar-refractivity contribution in [3.63, 3.8) is 0 Å². The monoisotopic (exact) mass is 483 g/mol. The summed E-state index contributed by atoms with van der Waals surface area (Å²) >= 11 is 0. The Morgan fingerprint density at radius 3 is 2.06 bits per heavy atom. The molecule has 4 rings (SSSR count). The van der Waals surface area contributed by atoms with E-state index in [1.54, 1.807) is 50.6 Å². The Morgan fingerprint density at radius 1 is 0.971 bits per heavy atom. The van der Waals surface area contributed by atoms with Crippen molar-refractivity contribution in [2.75, 3.05) is 18.9 Å². The minimum Gasteiger partial charge on any atom is -0.497 e. The van der Waals surface area contributed by atoms with Gasteiger partial charge in [0.15, 0.2) is 0 Å². The largest absolute Gasteiger partial charge is 0.497 e. The molecule has 34 heavy (non-hydrogen) atoms. The maximum atomic E-state index is 12.2. The molecule has 180 valence electrons. The molecule has 0 radical (unpaired) electrons. The molecule has 3 N–H and O–H groups in total. The molecule has 1 aliphatic rings. The normalized spacial score (nSPS) is 16.1. The molecular weight excluding hydrogens is 454 g/mol. The van der Waals surface area contributed by atoms with Gasteiger partial charge in [0.2, 0.25) is 5.91 Å². The minimum atomic E-state index is -3.24. The van der Waals surface area contributed by atoms with E-state index in [4.69, 9.17) is 9.47 Å². The lowest BCUT2D eigenvalue weighted by molar-refractivity contribution is -0.130. The highest BCUT2D eigenvalue weighted by atomic mass is 32.3. The number of nitrogens with one attached hydrogen (secondary N) is 1. The van der Waals surface area contributed by atoms with E-state index >= 15 is 0 Å². The van der Waals surface area contributed by atoms with Crippen molar-refractivity contribution < 1.29 is 24.8 Å². The second-order valence-corrected chi connectivity index (χ2v) is 9.58. The zero-order chi connectivity index (χ0) is 24.3. The first-order valence-electron chi connectivity index (χ1n) is 10.6. The molecular formula is C25H29N3O5S. The Balaban J connectivity index is 0.00000342. The number of methoxy groups -OCH3 is 2. The lowest BCUT2D eigenvalue weighted by Gasteiger charge is -2.33. The number of benzene rings is 3. The summed E-state index contributed by atoms with van der Waals surface area (Å²) in [5, 5.41) is 6.07. The minimum absolute atomic E-state index is 0. The van der Waals surface area contributed by atoms with Gasteiger partial charge in [0, 0.05) is 14.8 Å². The number of hydrogen-bond acceptors (Lipinski definition) is 7. The highest BCUT2D eigenvalue weighted by Gasteiger charge is 2.31. The molecule has 0 saturated carbocycles. The van der Waals surface area contributed by atoms with Crippen molar-refractivity contribution in [3.8, 4) is 11.5 Å². The van der Waals surface area contributed by atoms with Crippen molar-refractivity contribution in [2.45, 2.75) is 24.3 Å². The van der Waals surface area contributed by atoms with Crippen LogP contribution < -0.4 is 14.2 Å². The van der Waals surface area contributed by atoms with Crippen LogP contribution in [-0.4, -0.2) is 40.0 Å². The molecule has 3 aromatic rings. The van der Waals surface area contributed by atoms with Crippen molar-refractivity contribution in [3.05, 3.63) is 83.9 Å². The second kappa shape index (κ2) is 9.76. The number of nitrogens with zero attached hydrogens (tertiary/aromatic N) is 2. The SMILES string of the molecule is COc1ccc(C2CC(c3ccc(NS(O)(O)c4ccc(OC)cc4)cc3)=NN2C(C)=O)cc1.[HH]. The summed E-state index contributed by atoms with van der Waals surface area (Å²) < 4.78 is 34.3. The first-order valence-corrected chi connectivity index (χ1v) is 12.2. The number of hydrazone groups is 1. The van der Waals surface area contributed by atoms with Crippen LogP contribution in [0.2, 0.25) is 0 Å². The average molecular weight is 484 g/mol. The van der Waals surface area contributed by atoms with Crippen LogP contribution in [-0.2, 0) is 4.79 Å². The second-order valence-electron chi connectivity index (χ2n) is 7.81. The Morgan fingerprint density at radius 2 is 1.53 bits per heavy atom. The lowest BCUT2D eigenvalue weighted by Crippen LogP contribution is -2.24. The van der Waals surface area contributed by atoms with Gasteiger partial charge in [0.25, 0.3) is 0 Å². The van der Waals surface area contributed by atoms with Crippen LogP contribution in [0.1, 0.15) is 31.9 Å². The predicted molar refractivity (Wildman–Crippen MR) is 136 cm³/mol. The topological polar surface area (TPSA) is 104 Å². The van der Waals surface area contributed by atoms with Gasteiger partial charge in [-0.15, -0.1) is 0 Å². The van der Waals surface area contributed by atoms with Gasteiger partial charge in [-0.05, 0) is 59.7 Å². The van der Waals surface area contributed by atoms with Crippen LogP contribution >= 0.6 is 10.8 Å². The number of anilines is 1. The van der Waals surface area contributed by atoms with Gasteiger partial charge in [-0.1, -0.05) is 35.0 Å². The smallest absolute Gasteiger partial charge is 0.240 e. The van der Waals surface area contributed by atoms with Crippen LogP contribution in [0.15, 0.2) is 82.8 Å². The molecule has 0 aromatic heterocycles. The van der Waals surface area contributed by atoms with Crippen LogP contribution in [0, 0.1) is 0 Å². The van der Waals surface area contributed by atoms with Gasteiger partial charge in [-0.25, -0.2) is 5.01 Å². The number of hydrogen-bond donors (Lipinski definition) is 3. The average Bonchev–Trinajstić information content (AvgIpc) is 3.30. The number of ether oxygens (including phenoxy) is 2. The first kappa shape index (κ1) is 23.6. The fraction of sp³-hybridized carbons (Fsp3) is 0.200. The first-order chi connectivity index (χ1) is 16.3. The van der Waals surface area contributed by atoms with E-state index in [0.717, 1.165) is 22.6 Å².